The zero-order chi connectivity index (χ0) is 16.2. The lowest BCUT2D eigenvalue weighted by atomic mass is 10.1. The van der Waals surface area contributed by atoms with E-state index in [1.165, 1.54) is 11.1 Å². The maximum absolute atomic E-state index is 6.31. The molecule has 0 saturated heterocycles. The Bertz CT molecular complexity index is 504. The fourth-order valence-electron chi connectivity index (χ4n) is 2.63. The number of alkyl halides is 1. The molecule has 0 saturated carbocycles. The maximum atomic E-state index is 6.31. The first-order valence-electron chi connectivity index (χ1n) is 7.57. The van der Waals surface area contributed by atoms with Gasteiger partial charge in [0.25, 0.3) is 0 Å². The summed E-state index contributed by atoms with van der Waals surface area (Å²) in [7, 11) is 0.0213. The molecule has 1 aliphatic carbocycles. The summed E-state index contributed by atoms with van der Waals surface area (Å²) in [6, 6.07) is 10.2. The zero-order valence-corrected chi connectivity index (χ0v) is 16.3. The predicted molar refractivity (Wildman–Crippen MR) is 95.7 cm³/mol. The molecule has 1 aliphatic rings. The van der Waals surface area contributed by atoms with Crippen molar-refractivity contribution < 1.29 is 13.9 Å². The van der Waals surface area contributed by atoms with Gasteiger partial charge in [0, 0.05) is 12.1 Å². The fourth-order valence-corrected chi connectivity index (χ4v) is 4.02. The van der Waals surface area contributed by atoms with Crippen molar-refractivity contribution in [3.05, 3.63) is 47.5 Å². The molecule has 0 bridgehead atoms. The summed E-state index contributed by atoms with van der Waals surface area (Å²) in [5.41, 5.74) is 2.36. The molecule has 0 fully saturated rings. The van der Waals surface area contributed by atoms with E-state index in [9.17, 15) is 0 Å². The van der Waals surface area contributed by atoms with E-state index in [0.29, 0.717) is 6.61 Å². The molecule has 2 rings (SSSR count). The smallest absolute Gasteiger partial charge is 0.198 e. The standard InChI is InChI=1S/C17H25BrO3Si/c1-13-10-15(21-22(3,4)12-18)17(19-2)16(13)20-11-14-8-6-5-7-9-14/h5-10,15-17H,11-12H2,1-4H3/t15-,16+,17+/m1/s1. The van der Waals surface area contributed by atoms with E-state index in [2.05, 4.69) is 54.2 Å². The molecule has 0 aliphatic heterocycles. The monoisotopic (exact) mass is 384 g/mol. The van der Waals surface area contributed by atoms with E-state index in [1.54, 1.807) is 7.11 Å². The van der Waals surface area contributed by atoms with Gasteiger partial charge in [0.15, 0.2) is 8.32 Å². The van der Waals surface area contributed by atoms with E-state index in [-0.39, 0.29) is 18.3 Å². The van der Waals surface area contributed by atoms with E-state index in [0.717, 1.165) is 4.95 Å². The van der Waals surface area contributed by atoms with Crippen molar-refractivity contribution in [2.24, 2.45) is 0 Å². The number of benzene rings is 1. The zero-order valence-electron chi connectivity index (χ0n) is 13.7. The Hall–Kier alpha value is -0.463. The van der Waals surface area contributed by atoms with Crippen molar-refractivity contribution in [2.75, 3.05) is 12.1 Å². The second-order valence-electron chi connectivity index (χ2n) is 6.30. The van der Waals surface area contributed by atoms with E-state index < -0.39 is 8.32 Å². The van der Waals surface area contributed by atoms with Crippen LogP contribution < -0.4 is 0 Å². The van der Waals surface area contributed by atoms with Crippen molar-refractivity contribution >= 4 is 24.2 Å². The number of halogens is 1. The van der Waals surface area contributed by atoms with Crippen LogP contribution in [0.15, 0.2) is 42.0 Å². The molecular weight excluding hydrogens is 360 g/mol. The third-order valence-electron chi connectivity index (χ3n) is 3.82. The fraction of sp³-hybridized carbons (Fsp3) is 0.529. The van der Waals surface area contributed by atoms with Gasteiger partial charge in [-0.15, -0.1) is 0 Å². The molecular formula is C17H25BrO3Si. The second-order valence-corrected chi connectivity index (χ2v) is 12.0. The number of hydrogen-bond donors (Lipinski definition) is 0. The average Bonchev–Trinajstić information content (AvgIpc) is 2.80. The Morgan fingerprint density at radius 2 is 1.86 bits per heavy atom. The van der Waals surface area contributed by atoms with Gasteiger partial charge in [-0.25, -0.2) is 0 Å². The molecule has 122 valence electrons. The summed E-state index contributed by atoms with van der Waals surface area (Å²) >= 11 is 3.56. The number of rotatable bonds is 7. The molecule has 0 heterocycles. The highest BCUT2D eigenvalue weighted by molar-refractivity contribution is 9.09. The lowest BCUT2D eigenvalue weighted by Gasteiger charge is -2.30. The summed E-state index contributed by atoms with van der Waals surface area (Å²) in [6.45, 7) is 7.09. The summed E-state index contributed by atoms with van der Waals surface area (Å²) < 4.78 is 18.1. The Morgan fingerprint density at radius 1 is 1.18 bits per heavy atom. The normalized spacial score (nSPS) is 25.3. The highest BCUT2D eigenvalue weighted by atomic mass is 79.9. The molecule has 22 heavy (non-hydrogen) atoms. The second kappa shape index (κ2) is 7.88. The van der Waals surface area contributed by atoms with Crippen molar-refractivity contribution in [2.45, 2.75) is 44.9 Å². The van der Waals surface area contributed by atoms with E-state index >= 15 is 0 Å². The lowest BCUT2D eigenvalue weighted by Crippen LogP contribution is -2.44. The molecule has 0 N–H and O–H groups in total. The number of hydrogen-bond acceptors (Lipinski definition) is 3. The van der Waals surface area contributed by atoms with Crippen LogP contribution >= 0.6 is 15.9 Å². The van der Waals surface area contributed by atoms with Crippen LogP contribution in [0, 0.1) is 0 Å². The van der Waals surface area contributed by atoms with Crippen LogP contribution in [-0.4, -0.2) is 38.7 Å². The first kappa shape index (κ1) is 17.9. The summed E-state index contributed by atoms with van der Waals surface area (Å²) in [4.78, 5) is 0.912. The van der Waals surface area contributed by atoms with Crippen LogP contribution in [0.4, 0.5) is 0 Å². The minimum atomic E-state index is -1.71. The topological polar surface area (TPSA) is 27.7 Å². The van der Waals surface area contributed by atoms with Gasteiger partial charge in [-0.2, -0.15) is 0 Å². The molecule has 3 nitrogen and oxygen atoms in total. The minimum Gasteiger partial charge on any atom is -0.407 e. The molecule has 0 unspecified atom stereocenters. The molecule has 0 spiro atoms. The third-order valence-corrected chi connectivity index (χ3v) is 9.42. The Labute approximate surface area is 142 Å². The van der Waals surface area contributed by atoms with Crippen molar-refractivity contribution in [3.8, 4) is 0 Å². The van der Waals surface area contributed by atoms with E-state index in [1.807, 2.05) is 18.2 Å². The van der Waals surface area contributed by atoms with Gasteiger partial charge in [0.05, 0.1) is 12.7 Å². The lowest BCUT2D eigenvalue weighted by molar-refractivity contribution is -0.0689. The largest absolute Gasteiger partial charge is 0.407 e. The molecule has 5 heteroatoms. The van der Waals surface area contributed by atoms with Crippen molar-refractivity contribution in [1.29, 1.82) is 0 Å². The quantitative estimate of drug-likeness (QED) is 0.402. The Balaban J connectivity index is 2.01. The van der Waals surface area contributed by atoms with Gasteiger partial charge >= 0.3 is 0 Å². The molecule has 0 aromatic heterocycles. The first-order chi connectivity index (χ1) is 10.5. The third kappa shape index (κ3) is 4.52. The van der Waals surface area contributed by atoms with Crippen molar-refractivity contribution in [3.63, 3.8) is 0 Å². The SMILES string of the molecule is CO[C@H]1[C@H](O[Si](C)(C)CBr)C=C(C)[C@@H]1OCc1ccccc1. The van der Waals surface area contributed by atoms with Crippen LogP contribution in [0.5, 0.6) is 0 Å². The van der Waals surface area contributed by atoms with Crippen LogP contribution in [-0.2, 0) is 20.5 Å². The minimum absolute atomic E-state index is 0.0232. The summed E-state index contributed by atoms with van der Waals surface area (Å²) in [6.07, 6.45) is 2.01. The highest BCUT2D eigenvalue weighted by Crippen LogP contribution is 2.30. The highest BCUT2D eigenvalue weighted by Gasteiger charge is 2.40. The molecule has 0 radical (unpaired) electrons. The van der Waals surface area contributed by atoms with Gasteiger partial charge in [0.1, 0.15) is 12.2 Å². The summed E-state index contributed by atoms with van der Waals surface area (Å²) in [5, 5.41) is 0. The maximum Gasteiger partial charge on any atom is 0.198 e. The van der Waals surface area contributed by atoms with Crippen LogP contribution in [0.3, 0.4) is 0 Å². The van der Waals surface area contributed by atoms with Gasteiger partial charge in [-0.05, 0) is 31.2 Å². The van der Waals surface area contributed by atoms with Gasteiger partial charge < -0.3 is 13.9 Å². The van der Waals surface area contributed by atoms with Crippen LogP contribution in [0.2, 0.25) is 13.1 Å². The Kier molecular flexibility index (Phi) is 6.41. The number of methoxy groups -OCH3 is 1. The van der Waals surface area contributed by atoms with Gasteiger partial charge in [-0.3, -0.25) is 0 Å². The first-order valence-corrected chi connectivity index (χ1v) is 11.8. The predicted octanol–water partition coefficient (Wildman–Crippen LogP) is 4.07. The molecule has 1 aromatic carbocycles. The summed E-state index contributed by atoms with van der Waals surface area (Å²) in [5.74, 6) is 0. The molecule has 0 amide bonds. The van der Waals surface area contributed by atoms with Crippen LogP contribution in [0.1, 0.15) is 12.5 Å². The van der Waals surface area contributed by atoms with Crippen LogP contribution in [0.25, 0.3) is 0 Å². The molecule has 1 aromatic rings. The van der Waals surface area contributed by atoms with Gasteiger partial charge in [0.2, 0.25) is 0 Å². The number of ether oxygens (including phenoxy) is 2. The van der Waals surface area contributed by atoms with E-state index in [4.69, 9.17) is 13.9 Å². The molecule has 3 atom stereocenters. The van der Waals surface area contributed by atoms with Crippen molar-refractivity contribution in [1.82, 2.24) is 0 Å². The van der Waals surface area contributed by atoms with Gasteiger partial charge in [-0.1, -0.05) is 52.3 Å². The Morgan fingerprint density at radius 3 is 2.45 bits per heavy atom. The average molecular weight is 385 g/mol.